The molecule has 0 fully saturated rings. The molecule has 0 spiro atoms. The minimum absolute atomic E-state index is 0.231. The Bertz CT molecular complexity index is 816. The molecule has 0 saturated carbocycles. The number of nitrogens with one attached hydrogen (secondary N) is 1. The third-order valence-electron chi connectivity index (χ3n) is 3.56. The molecule has 1 aromatic heterocycles. The molecule has 2 aromatic rings. The normalized spacial score (nSPS) is 11.3. The summed E-state index contributed by atoms with van der Waals surface area (Å²) in [7, 11) is -1.86. The van der Waals surface area contributed by atoms with E-state index in [1.165, 1.54) is 0 Å². The van der Waals surface area contributed by atoms with Crippen molar-refractivity contribution in [1.29, 1.82) is 0 Å². The van der Waals surface area contributed by atoms with Crippen molar-refractivity contribution in [3.05, 3.63) is 53.5 Å². The molecule has 0 aliphatic heterocycles. The zero-order valence-corrected chi connectivity index (χ0v) is 15.3. The van der Waals surface area contributed by atoms with E-state index in [1.807, 2.05) is 0 Å². The second-order valence-corrected chi connectivity index (χ2v) is 7.45. The van der Waals surface area contributed by atoms with Crippen molar-refractivity contribution in [1.82, 2.24) is 4.90 Å². The topological polar surface area (TPSA) is 88.8 Å². The van der Waals surface area contributed by atoms with Crippen LogP contribution in [0.5, 0.6) is 0 Å². The Hall–Kier alpha value is -2.32. The quantitative estimate of drug-likeness (QED) is 0.774. The van der Waals surface area contributed by atoms with E-state index >= 15 is 0 Å². The average molecular weight is 366 g/mol. The van der Waals surface area contributed by atoms with Crippen LogP contribution in [0.3, 0.4) is 0 Å². The summed E-state index contributed by atoms with van der Waals surface area (Å²) in [5.41, 5.74) is 1.51. The van der Waals surface area contributed by atoms with Gasteiger partial charge in [-0.2, -0.15) is 0 Å². The first-order chi connectivity index (χ1) is 11.8. The molecule has 1 amide bonds. The monoisotopic (exact) mass is 366 g/mol. The fraction of sp³-hybridized carbons (Fsp3) is 0.353. The number of methoxy groups -OCH3 is 1. The van der Waals surface area contributed by atoms with E-state index in [9.17, 15) is 13.2 Å². The Morgan fingerprint density at radius 3 is 2.68 bits per heavy atom. The highest BCUT2D eigenvalue weighted by molar-refractivity contribution is 7.92. The minimum Gasteiger partial charge on any atom is -0.467 e. The van der Waals surface area contributed by atoms with Crippen LogP contribution in [-0.4, -0.2) is 45.7 Å². The fourth-order valence-electron chi connectivity index (χ4n) is 2.29. The molecule has 1 N–H and O–H groups in total. The van der Waals surface area contributed by atoms with Gasteiger partial charge >= 0.3 is 0 Å². The van der Waals surface area contributed by atoms with Gasteiger partial charge in [0.15, 0.2) is 0 Å². The van der Waals surface area contributed by atoms with Crippen LogP contribution >= 0.6 is 0 Å². The molecule has 1 aromatic carbocycles. The summed E-state index contributed by atoms with van der Waals surface area (Å²) in [4.78, 5) is 14.5. The van der Waals surface area contributed by atoms with Crippen molar-refractivity contribution < 1.29 is 22.4 Å². The third-order valence-corrected chi connectivity index (χ3v) is 4.15. The second kappa shape index (κ2) is 8.17. The lowest BCUT2D eigenvalue weighted by Gasteiger charge is -2.22. The first kappa shape index (κ1) is 19.0. The van der Waals surface area contributed by atoms with E-state index in [0.29, 0.717) is 36.7 Å². The molecular weight excluding hydrogens is 344 g/mol. The van der Waals surface area contributed by atoms with Crippen molar-refractivity contribution in [2.45, 2.75) is 13.5 Å². The summed E-state index contributed by atoms with van der Waals surface area (Å²) in [5, 5.41) is 0. The Balaban J connectivity index is 2.26. The number of aryl methyl sites for hydroxylation is 1. The van der Waals surface area contributed by atoms with Crippen LogP contribution < -0.4 is 4.72 Å². The molecule has 0 aliphatic carbocycles. The van der Waals surface area contributed by atoms with Gasteiger partial charge in [0.2, 0.25) is 10.0 Å². The standard InChI is InChI=1S/C17H22N2O5S/c1-13-6-7-14(11-16(13)18-25(3,21)22)17(20)19(8-10-23-2)12-15-5-4-9-24-15/h4-7,9,11,18H,8,10,12H2,1-3H3. The first-order valence-corrected chi connectivity index (χ1v) is 9.58. The van der Waals surface area contributed by atoms with Gasteiger partial charge in [0.1, 0.15) is 5.76 Å². The number of rotatable bonds is 8. The fourth-order valence-corrected chi connectivity index (χ4v) is 2.91. The number of anilines is 1. The van der Waals surface area contributed by atoms with E-state index < -0.39 is 10.0 Å². The van der Waals surface area contributed by atoms with Gasteiger partial charge in [0, 0.05) is 19.2 Å². The molecule has 1 heterocycles. The lowest BCUT2D eigenvalue weighted by Crippen LogP contribution is -2.33. The SMILES string of the molecule is COCCN(Cc1ccco1)C(=O)c1ccc(C)c(NS(C)(=O)=O)c1. The maximum absolute atomic E-state index is 12.9. The largest absolute Gasteiger partial charge is 0.467 e. The Morgan fingerprint density at radius 2 is 2.08 bits per heavy atom. The van der Waals surface area contributed by atoms with Gasteiger partial charge < -0.3 is 14.1 Å². The molecule has 0 atom stereocenters. The highest BCUT2D eigenvalue weighted by Gasteiger charge is 2.18. The van der Waals surface area contributed by atoms with Gasteiger partial charge in [0.05, 0.1) is 31.4 Å². The summed E-state index contributed by atoms with van der Waals surface area (Å²) in [6, 6.07) is 8.48. The van der Waals surface area contributed by atoms with Gasteiger partial charge in [0.25, 0.3) is 5.91 Å². The van der Waals surface area contributed by atoms with E-state index in [0.717, 1.165) is 11.8 Å². The molecule has 2 rings (SSSR count). The van der Waals surface area contributed by atoms with Gasteiger partial charge in [-0.05, 0) is 36.8 Å². The highest BCUT2D eigenvalue weighted by Crippen LogP contribution is 2.20. The number of sulfonamides is 1. The zero-order chi connectivity index (χ0) is 18.4. The van der Waals surface area contributed by atoms with Crippen LogP contribution in [0.25, 0.3) is 0 Å². The van der Waals surface area contributed by atoms with Gasteiger partial charge in [-0.25, -0.2) is 8.42 Å². The molecule has 0 saturated heterocycles. The smallest absolute Gasteiger partial charge is 0.254 e. The summed E-state index contributed by atoms with van der Waals surface area (Å²) < 4.78 is 35.8. The maximum Gasteiger partial charge on any atom is 0.254 e. The summed E-state index contributed by atoms with van der Waals surface area (Å²) in [6.07, 6.45) is 2.62. The van der Waals surface area contributed by atoms with Crippen LogP contribution in [0.4, 0.5) is 5.69 Å². The number of hydrogen-bond acceptors (Lipinski definition) is 5. The van der Waals surface area contributed by atoms with Gasteiger partial charge in [-0.15, -0.1) is 0 Å². The first-order valence-electron chi connectivity index (χ1n) is 7.69. The van der Waals surface area contributed by atoms with E-state index in [4.69, 9.17) is 9.15 Å². The molecule has 7 nitrogen and oxygen atoms in total. The van der Waals surface area contributed by atoms with Crippen LogP contribution in [0.1, 0.15) is 21.7 Å². The molecule has 0 unspecified atom stereocenters. The van der Waals surface area contributed by atoms with Gasteiger partial charge in [-0.3, -0.25) is 9.52 Å². The Kier molecular flexibility index (Phi) is 6.22. The van der Waals surface area contributed by atoms with E-state index in [1.54, 1.807) is 55.5 Å². The molecule has 8 heteroatoms. The number of hydrogen-bond donors (Lipinski definition) is 1. The number of ether oxygens (including phenoxy) is 1. The predicted octanol–water partition coefficient (Wildman–Crippen LogP) is 2.25. The molecule has 25 heavy (non-hydrogen) atoms. The van der Waals surface area contributed by atoms with E-state index in [2.05, 4.69) is 4.72 Å². The number of amides is 1. The molecular formula is C17H22N2O5S. The lowest BCUT2D eigenvalue weighted by molar-refractivity contribution is 0.0666. The van der Waals surface area contributed by atoms with Crippen LogP contribution in [0, 0.1) is 6.92 Å². The number of carbonyl (C=O) groups is 1. The van der Waals surface area contributed by atoms with Crippen LogP contribution in [-0.2, 0) is 21.3 Å². The highest BCUT2D eigenvalue weighted by atomic mass is 32.2. The van der Waals surface area contributed by atoms with Crippen molar-refractivity contribution in [3.8, 4) is 0 Å². The lowest BCUT2D eigenvalue weighted by atomic mass is 10.1. The zero-order valence-electron chi connectivity index (χ0n) is 14.5. The van der Waals surface area contributed by atoms with Crippen molar-refractivity contribution in [2.24, 2.45) is 0 Å². The number of benzene rings is 1. The molecule has 0 radical (unpaired) electrons. The second-order valence-electron chi connectivity index (χ2n) is 5.70. The van der Waals surface area contributed by atoms with Crippen molar-refractivity contribution in [2.75, 3.05) is 31.2 Å². The average Bonchev–Trinajstić information content (AvgIpc) is 3.04. The molecule has 0 bridgehead atoms. The summed E-state index contributed by atoms with van der Waals surface area (Å²) >= 11 is 0. The minimum atomic E-state index is -3.43. The van der Waals surface area contributed by atoms with Crippen LogP contribution in [0.2, 0.25) is 0 Å². The summed E-state index contributed by atoms with van der Waals surface area (Å²) in [6.45, 7) is 2.84. The predicted molar refractivity (Wildman–Crippen MR) is 95.0 cm³/mol. The van der Waals surface area contributed by atoms with Crippen LogP contribution in [0.15, 0.2) is 41.0 Å². The molecule has 136 valence electrons. The number of carbonyl (C=O) groups excluding carboxylic acids is 1. The number of furan rings is 1. The summed E-state index contributed by atoms with van der Waals surface area (Å²) in [5.74, 6) is 0.427. The Morgan fingerprint density at radius 1 is 1.32 bits per heavy atom. The van der Waals surface area contributed by atoms with Crippen molar-refractivity contribution in [3.63, 3.8) is 0 Å². The molecule has 0 aliphatic rings. The van der Waals surface area contributed by atoms with Gasteiger partial charge in [-0.1, -0.05) is 6.07 Å². The van der Waals surface area contributed by atoms with Crippen molar-refractivity contribution >= 4 is 21.6 Å². The van der Waals surface area contributed by atoms with E-state index in [-0.39, 0.29) is 5.91 Å². The Labute approximate surface area is 147 Å². The third kappa shape index (κ3) is 5.61. The number of nitrogens with zero attached hydrogens (tertiary/aromatic N) is 1. The maximum atomic E-state index is 12.9.